The second-order valence-electron chi connectivity index (χ2n) is 2.94. The predicted molar refractivity (Wildman–Crippen MR) is 47.0 cm³/mol. The highest BCUT2D eigenvalue weighted by Crippen LogP contribution is 2.00. The fraction of sp³-hybridized carbons (Fsp3) is 0.333. The second-order valence-corrected chi connectivity index (χ2v) is 2.94. The smallest absolute Gasteiger partial charge is 0.162 e. The van der Waals surface area contributed by atoms with Gasteiger partial charge in [-0.05, 0) is 13.8 Å². The van der Waals surface area contributed by atoms with Crippen LogP contribution in [0.5, 0.6) is 0 Å². The fourth-order valence-electron chi connectivity index (χ4n) is 0.908. The molecule has 0 bridgehead atoms. The molecule has 0 spiro atoms. The number of Topliss-reactive ketones (excluding diaryl/α,β-unsaturated/α-hetero) is 1. The van der Waals surface area contributed by atoms with Crippen molar-refractivity contribution >= 4 is 5.78 Å². The van der Waals surface area contributed by atoms with Gasteiger partial charge in [-0.2, -0.15) is 5.10 Å². The standard InChI is InChI=1S/C9H12N2O/c1-7(2)5-11-6-9(4-10-11)8(3)12/h4,6H,1,5H2,2-3H3. The van der Waals surface area contributed by atoms with Crippen molar-refractivity contribution in [1.82, 2.24) is 9.78 Å². The maximum atomic E-state index is 10.9. The van der Waals surface area contributed by atoms with E-state index < -0.39 is 0 Å². The Morgan fingerprint density at radius 2 is 2.33 bits per heavy atom. The second kappa shape index (κ2) is 3.34. The molecule has 0 atom stereocenters. The van der Waals surface area contributed by atoms with Gasteiger partial charge >= 0.3 is 0 Å². The zero-order valence-electron chi connectivity index (χ0n) is 7.37. The van der Waals surface area contributed by atoms with E-state index in [2.05, 4.69) is 11.7 Å². The first-order valence-electron chi connectivity index (χ1n) is 3.77. The van der Waals surface area contributed by atoms with Crippen LogP contribution in [0.3, 0.4) is 0 Å². The number of hydrogen-bond acceptors (Lipinski definition) is 2. The van der Waals surface area contributed by atoms with Crippen LogP contribution in [0, 0.1) is 0 Å². The molecule has 0 aliphatic rings. The molecule has 0 aromatic carbocycles. The molecule has 0 saturated heterocycles. The van der Waals surface area contributed by atoms with Crippen molar-refractivity contribution in [1.29, 1.82) is 0 Å². The predicted octanol–water partition coefficient (Wildman–Crippen LogP) is 1.66. The number of aromatic nitrogens is 2. The van der Waals surface area contributed by atoms with Crippen molar-refractivity contribution in [3.05, 3.63) is 30.1 Å². The lowest BCUT2D eigenvalue weighted by atomic mass is 10.3. The fourth-order valence-corrected chi connectivity index (χ4v) is 0.908. The maximum Gasteiger partial charge on any atom is 0.162 e. The molecule has 0 aliphatic heterocycles. The van der Waals surface area contributed by atoms with Gasteiger partial charge in [0.05, 0.1) is 18.3 Å². The van der Waals surface area contributed by atoms with Gasteiger partial charge in [0.15, 0.2) is 5.78 Å². The monoisotopic (exact) mass is 164 g/mol. The highest BCUT2D eigenvalue weighted by molar-refractivity contribution is 5.93. The zero-order chi connectivity index (χ0) is 9.14. The number of carbonyl (C=O) groups excluding carboxylic acids is 1. The van der Waals surface area contributed by atoms with Crippen molar-refractivity contribution < 1.29 is 4.79 Å². The number of carbonyl (C=O) groups is 1. The Hall–Kier alpha value is -1.38. The van der Waals surface area contributed by atoms with Crippen LogP contribution in [0.25, 0.3) is 0 Å². The Bertz CT molecular complexity index is 312. The molecule has 64 valence electrons. The molecule has 0 N–H and O–H groups in total. The van der Waals surface area contributed by atoms with E-state index in [0.717, 1.165) is 5.57 Å². The van der Waals surface area contributed by atoms with Gasteiger partial charge in [0.2, 0.25) is 0 Å². The molecule has 1 aromatic rings. The summed E-state index contributed by atoms with van der Waals surface area (Å²) in [5, 5.41) is 4.01. The number of rotatable bonds is 3. The van der Waals surface area contributed by atoms with E-state index in [1.54, 1.807) is 17.1 Å². The Balaban J connectivity index is 2.77. The third-order valence-corrected chi connectivity index (χ3v) is 1.47. The molecule has 1 rings (SSSR count). The van der Waals surface area contributed by atoms with E-state index in [9.17, 15) is 4.79 Å². The topological polar surface area (TPSA) is 34.9 Å². The summed E-state index contributed by atoms with van der Waals surface area (Å²) in [6, 6.07) is 0. The molecular formula is C9H12N2O. The van der Waals surface area contributed by atoms with Crippen molar-refractivity contribution in [3.63, 3.8) is 0 Å². The normalized spacial score (nSPS) is 9.83. The molecule has 1 heterocycles. The van der Waals surface area contributed by atoms with Gasteiger partial charge < -0.3 is 0 Å². The minimum absolute atomic E-state index is 0.0444. The summed E-state index contributed by atoms with van der Waals surface area (Å²) in [5.41, 5.74) is 1.67. The van der Waals surface area contributed by atoms with Gasteiger partial charge in [-0.1, -0.05) is 12.2 Å². The van der Waals surface area contributed by atoms with Gasteiger partial charge in [-0.15, -0.1) is 0 Å². The average Bonchev–Trinajstić information content (AvgIpc) is 2.34. The third kappa shape index (κ3) is 2.05. The van der Waals surface area contributed by atoms with Crippen LogP contribution in [0.4, 0.5) is 0 Å². The van der Waals surface area contributed by atoms with E-state index in [1.807, 2.05) is 6.92 Å². The summed E-state index contributed by atoms with van der Waals surface area (Å²) < 4.78 is 1.71. The van der Waals surface area contributed by atoms with Crippen LogP contribution < -0.4 is 0 Å². The molecule has 1 aromatic heterocycles. The molecule has 0 unspecified atom stereocenters. The number of allylic oxidation sites excluding steroid dienone is 1. The zero-order valence-corrected chi connectivity index (χ0v) is 7.37. The Morgan fingerprint density at radius 3 is 2.75 bits per heavy atom. The Morgan fingerprint density at radius 1 is 1.67 bits per heavy atom. The van der Waals surface area contributed by atoms with Crippen molar-refractivity contribution in [2.45, 2.75) is 20.4 Å². The van der Waals surface area contributed by atoms with Crippen LogP contribution in [0.1, 0.15) is 24.2 Å². The van der Waals surface area contributed by atoms with Gasteiger partial charge in [-0.3, -0.25) is 9.48 Å². The van der Waals surface area contributed by atoms with Crippen molar-refractivity contribution in [2.24, 2.45) is 0 Å². The number of hydrogen-bond donors (Lipinski definition) is 0. The minimum Gasteiger partial charge on any atom is -0.294 e. The van der Waals surface area contributed by atoms with Crippen LogP contribution in [0.2, 0.25) is 0 Å². The van der Waals surface area contributed by atoms with E-state index in [0.29, 0.717) is 12.1 Å². The number of nitrogens with zero attached hydrogens (tertiary/aromatic N) is 2. The SMILES string of the molecule is C=C(C)Cn1cc(C(C)=O)cn1. The molecule has 3 nitrogen and oxygen atoms in total. The summed E-state index contributed by atoms with van der Waals surface area (Å²) in [7, 11) is 0. The molecule has 0 fully saturated rings. The quantitative estimate of drug-likeness (QED) is 0.503. The van der Waals surface area contributed by atoms with Gasteiger partial charge in [0.1, 0.15) is 0 Å². The van der Waals surface area contributed by atoms with E-state index >= 15 is 0 Å². The summed E-state index contributed by atoms with van der Waals surface area (Å²) in [4.78, 5) is 10.9. The molecule has 0 aliphatic carbocycles. The van der Waals surface area contributed by atoms with Crippen LogP contribution in [-0.2, 0) is 6.54 Å². The lowest BCUT2D eigenvalue weighted by Gasteiger charge is -1.97. The summed E-state index contributed by atoms with van der Waals surface area (Å²) in [5.74, 6) is 0.0444. The van der Waals surface area contributed by atoms with E-state index in [4.69, 9.17) is 0 Å². The van der Waals surface area contributed by atoms with Crippen LogP contribution in [0.15, 0.2) is 24.5 Å². The lowest BCUT2D eigenvalue weighted by molar-refractivity contribution is 0.101. The Labute approximate surface area is 71.7 Å². The van der Waals surface area contributed by atoms with Gasteiger partial charge in [-0.25, -0.2) is 0 Å². The third-order valence-electron chi connectivity index (χ3n) is 1.47. The van der Waals surface area contributed by atoms with Gasteiger partial charge in [0.25, 0.3) is 0 Å². The summed E-state index contributed by atoms with van der Waals surface area (Å²) in [6.07, 6.45) is 3.31. The highest BCUT2D eigenvalue weighted by Gasteiger charge is 2.01. The first-order valence-corrected chi connectivity index (χ1v) is 3.77. The summed E-state index contributed by atoms with van der Waals surface area (Å²) >= 11 is 0. The largest absolute Gasteiger partial charge is 0.294 e. The maximum absolute atomic E-state index is 10.9. The molecule has 0 amide bonds. The highest BCUT2D eigenvalue weighted by atomic mass is 16.1. The van der Waals surface area contributed by atoms with E-state index in [1.165, 1.54) is 6.92 Å². The molecule has 0 radical (unpaired) electrons. The first kappa shape index (κ1) is 8.71. The lowest BCUT2D eigenvalue weighted by Crippen LogP contribution is -1.98. The minimum atomic E-state index is 0.0444. The van der Waals surface area contributed by atoms with Crippen LogP contribution in [-0.4, -0.2) is 15.6 Å². The molecular weight excluding hydrogens is 152 g/mol. The number of ketones is 1. The van der Waals surface area contributed by atoms with E-state index in [-0.39, 0.29) is 5.78 Å². The van der Waals surface area contributed by atoms with Gasteiger partial charge in [0, 0.05) is 6.20 Å². The summed E-state index contributed by atoms with van der Waals surface area (Å²) in [6.45, 7) is 7.89. The molecule has 12 heavy (non-hydrogen) atoms. The average molecular weight is 164 g/mol. The van der Waals surface area contributed by atoms with Crippen LogP contribution >= 0.6 is 0 Å². The van der Waals surface area contributed by atoms with Crippen molar-refractivity contribution in [2.75, 3.05) is 0 Å². The Kier molecular flexibility index (Phi) is 2.43. The molecule has 3 heteroatoms. The van der Waals surface area contributed by atoms with Crippen molar-refractivity contribution in [3.8, 4) is 0 Å². The first-order chi connectivity index (χ1) is 5.59. The molecule has 0 saturated carbocycles.